The smallest absolute Gasteiger partial charge is 0.230 e. The van der Waals surface area contributed by atoms with Crippen LogP contribution in [0.1, 0.15) is 35.1 Å². The minimum Gasteiger partial charge on any atom is -0.488 e. The van der Waals surface area contributed by atoms with E-state index in [-0.39, 0.29) is 6.10 Å². The van der Waals surface area contributed by atoms with Crippen LogP contribution in [0.2, 0.25) is 0 Å². The van der Waals surface area contributed by atoms with E-state index in [2.05, 4.69) is 33.4 Å². The molecule has 0 unspecified atom stereocenters. The van der Waals surface area contributed by atoms with Crippen molar-refractivity contribution in [2.45, 2.75) is 38.3 Å². The molecule has 4 heterocycles. The van der Waals surface area contributed by atoms with E-state index in [1.54, 1.807) is 0 Å². The van der Waals surface area contributed by atoms with Crippen molar-refractivity contribution >= 4 is 11.3 Å². The highest BCUT2D eigenvalue weighted by atomic mass is 32.1. The Labute approximate surface area is 174 Å². The highest BCUT2D eigenvalue weighted by molar-refractivity contribution is 7.10. The topological polar surface area (TPSA) is 60.6 Å². The largest absolute Gasteiger partial charge is 0.488 e. The number of nitrogens with zero attached hydrogens (tertiary/aromatic N) is 3. The van der Waals surface area contributed by atoms with Crippen molar-refractivity contribution < 1.29 is 14.0 Å². The van der Waals surface area contributed by atoms with E-state index in [0.717, 1.165) is 62.9 Å². The summed E-state index contributed by atoms with van der Waals surface area (Å²) < 4.78 is 17.0. The van der Waals surface area contributed by atoms with Crippen LogP contribution in [0.15, 0.2) is 40.2 Å². The first-order valence-corrected chi connectivity index (χ1v) is 11.1. The van der Waals surface area contributed by atoms with Crippen molar-refractivity contribution in [3.8, 4) is 17.1 Å². The first kappa shape index (κ1) is 18.8. The summed E-state index contributed by atoms with van der Waals surface area (Å²) >= 11 is 1.83. The first-order chi connectivity index (χ1) is 14.2. The number of thiophene rings is 1. The molecule has 0 aliphatic carbocycles. The van der Waals surface area contributed by atoms with Crippen LogP contribution in [-0.4, -0.2) is 47.4 Å². The summed E-state index contributed by atoms with van der Waals surface area (Å²) in [6.45, 7) is 6.67. The standard InChI is InChI=1S/C22H25N3O3S/c1-15-8-11-29-20(15)14-25-12-19(13-25)27-18-4-2-16(3-5-18)21-23-22(28-24-21)17-6-9-26-10-7-17/h2-5,8,11,17,19H,6-7,9-10,12-14H2,1H3. The second-order valence-electron chi connectivity index (χ2n) is 7.83. The maximum atomic E-state index is 6.10. The number of likely N-dealkylation sites (tertiary alicyclic amines) is 1. The summed E-state index contributed by atoms with van der Waals surface area (Å²) in [7, 11) is 0. The van der Waals surface area contributed by atoms with Gasteiger partial charge in [-0.1, -0.05) is 5.16 Å². The number of rotatable bonds is 6. The molecule has 1 aromatic carbocycles. The van der Waals surface area contributed by atoms with Gasteiger partial charge in [0.2, 0.25) is 11.7 Å². The lowest BCUT2D eigenvalue weighted by molar-refractivity contribution is 0.0151. The molecule has 0 saturated carbocycles. The molecule has 152 valence electrons. The summed E-state index contributed by atoms with van der Waals surface area (Å²) in [4.78, 5) is 8.47. The normalized spacial score (nSPS) is 18.7. The lowest BCUT2D eigenvalue weighted by Gasteiger charge is -2.38. The van der Waals surface area contributed by atoms with E-state index in [1.807, 2.05) is 35.6 Å². The molecule has 6 nitrogen and oxygen atoms in total. The van der Waals surface area contributed by atoms with Crippen LogP contribution >= 0.6 is 11.3 Å². The Bertz CT molecular complexity index is 940. The van der Waals surface area contributed by atoms with Gasteiger partial charge in [0.25, 0.3) is 0 Å². The predicted molar refractivity (Wildman–Crippen MR) is 111 cm³/mol. The van der Waals surface area contributed by atoms with Crippen LogP contribution in [-0.2, 0) is 11.3 Å². The van der Waals surface area contributed by atoms with Gasteiger partial charge >= 0.3 is 0 Å². The van der Waals surface area contributed by atoms with Crippen LogP contribution in [0.5, 0.6) is 5.75 Å². The van der Waals surface area contributed by atoms with Crippen molar-refractivity contribution in [2.75, 3.05) is 26.3 Å². The maximum absolute atomic E-state index is 6.10. The Morgan fingerprint density at radius 3 is 2.66 bits per heavy atom. The average Bonchev–Trinajstić information content (AvgIpc) is 3.37. The molecule has 2 aliphatic heterocycles. The van der Waals surface area contributed by atoms with Crippen molar-refractivity contribution in [2.24, 2.45) is 0 Å². The SMILES string of the molecule is Cc1ccsc1CN1CC(Oc2ccc(-c3noc(C4CCOCC4)n3)cc2)C1. The van der Waals surface area contributed by atoms with Crippen molar-refractivity contribution in [1.29, 1.82) is 0 Å². The fraction of sp³-hybridized carbons (Fsp3) is 0.455. The second kappa shape index (κ2) is 8.26. The fourth-order valence-corrected chi connectivity index (χ4v) is 4.78. The molecule has 0 spiro atoms. The Balaban J connectivity index is 1.14. The van der Waals surface area contributed by atoms with E-state index in [1.165, 1.54) is 10.4 Å². The lowest BCUT2D eigenvalue weighted by Crippen LogP contribution is -2.53. The minimum absolute atomic E-state index is 0.256. The molecule has 3 aromatic rings. The zero-order valence-corrected chi connectivity index (χ0v) is 17.4. The third-order valence-corrected chi connectivity index (χ3v) is 6.69. The molecule has 5 rings (SSSR count). The lowest BCUT2D eigenvalue weighted by atomic mass is 10.0. The van der Waals surface area contributed by atoms with Gasteiger partial charge in [-0.25, -0.2) is 0 Å². The summed E-state index contributed by atoms with van der Waals surface area (Å²) in [6.07, 6.45) is 2.14. The van der Waals surface area contributed by atoms with Gasteiger partial charge in [-0.3, -0.25) is 4.90 Å². The molecule has 0 bridgehead atoms. The fourth-order valence-electron chi connectivity index (χ4n) is 3.83. The van der Waals surface area contributed by atoms with E-state index in [0.29, 0.717) is 11.7 Å². The van der Waals surface area contributed by atoms with Crippen molar-refractivity contribution in [3.63, 3.8) is 0 Å². The van der Waals surface area contributed by atoms with Gasteiger partial charge in [0.05, 0.1) is 0 Å². The Kier molecular flexibility index (Phi) is 5.35. The third-order valence-electron chi connectivity index (χ3n) is 5.69. The second-order valence-corrected chi connectivity index (χ2v) is 8.83. The van der Waals surface area contributed by atoms with Gasteiger partial charge in [-0.2, -0.15) is 4.98 Å². The number of benzene rings is 1. The van der Waals surface area contributed by atoms with Crippen LogP contribution in [0.3, 0.4) is 0 Å². The molecule has 0 amide bonds. The highest BCUT2D eigenvalue weighted by Gasteiger charge is 2.29. The van der Waals surface area contributed by atoms with E-state index >= 15 is 0 Å². The Morgan fingerprint density at radius 2 is 1.93 bits per heavy atom. The number of aryl methyl sites for hydroxylation is 1. The van der Waals surface area contributed by atoms with E-state index in [9.17, 15) is 0 Å². The molecule has 2 aromatic heterocycles. The molecule has 0 atom stereocenters. The Morgan fingerprint density at radius 1 is 1.14 bits per heavy atom. The highest BCUT2D eigenvalue weighted by Crippen LogP contribution is 2.29. The van der Waals surface area contributed by atoms with Gasteiger partial charge in [-0.15, -0.1) is 11.3 Å². The minimum atomic E-state index is 0.256. The Hall–Kier alpha value is -2.22. The van der Waals surface area contributed by atoms with Crippen molar-refractivity contribution in [1.82, 2.24) is 15.0 Å². The van der Waals surface area contributed by atoms with E-state index in [4.69, 9.17) is 14.0 Å². The monoisotopic (exact) mass is 411 g/mol. The zero-order valence-electron chi connectivity index (χ0n) is 16.5. The van der Waals surface area contributed by atoms with Gasteiger partial charge in [0.1, 0.15) is 11.9 Å². The number of aromatic nitrogens is 2. The molecule has 0 radical (unpaired) electrons. The van der Waals surface area contributed by atoms with Crippen molar-refractivity contribution in [3.05, 3.63) is 52.0 Å². The first-order valence-electron chi connectivity index (χ1n) is 10.2. The molecular weight excluding hydrogens is 386 g/mol. The summed E-state index contributed by atoms with van der Waals surface area (Å²) in [5, 5.41) is 6.32. The molecule has 2 fully saturated rings. The molecule has 2 aliphatic rings. The molecule has 2 saturated heterocycles. The van der Waals surface area contributed by atoms with Crippen LogP contribution in [0.4, 0.5) is 0 Å². The number of hydrogen-bond donors (Lipinski definition) is 0. The van der Waals surface area contributed by atoms with Gasteiger partial charge in [0.15, 0.2) is 0 Å². The third kappa shape index (κ3) is 4.22. The van der Waals surface area contributed by atoms with Gasteiger partial charge < -0.3 is 14.0 Å². The quantitative estimate of drug-likeness (QED) is 0.604. The van der Waals surface area contributed by atoms with Crippen LogP contribution in [0.25, 0.3) is 11.4 Å². The summed E-state index contributed by atoms with van der Waals surface area (Å²) in [5.74, 6) is 2.56. The van der Waals surface area contributed by atoms with Gasteiger partial charge in [-0.05, 0) is 61.0 Å². The average molecular weight is 412 g/mol. The number of hydrogen-bond acceptors (Lipinski definition) is 7. The maximum Gasteiger partial charge on any atom is 0.230 e. The molecule has 0 N–H and O–H groups in total. The van der Waals surface area contributed by atoms with E-state index < -0.39 is 0 Å². The van der Waals surface area contributed by atoms with Gasteiger partial charge in [0, 0.05) is 49.2 Å². The predicted octanol–water partition coefficient (Wildman–Crippen LogP) is 4.26. The zero-order chi connectivity index (χ0) is 19.6. The molecular formula is C22H25N3O3S. The number of ether oxygens (including phenoxy) is 2. The molecule has 29 heavy (non-hydrogen) atoms. The molecule has 7 heteroatoms. The van der Waals surface area contributed by atoms with Crippen LogP contribution < -0.4 is 4.74 Å². The summed E-state index contributed by atoms with van der Waals surface area (Å²) in [5.41, 5.74) is 2.33. The summed E-state index contributed by atoms with van der Waals surface area (Å²) in [6, 6.07) is 10.2. The van der Waals surface area contributed by atoms with Crippen LogP contribution in [0, 0.1) is 6.92 Å².